The molecule has 0 radical (unpaired) electrons. The van der Waals surface area contributed by atoms with E-state index in [0.717, 1.165) is 18.5 Å². The summed E-state index contributed by atoms with van der Waals surface area (Å²) in [5.74, 6) is 0.331. The first kappa shape index (κ1) is 25.5. The first-order valence-corrected chi connectivity index (χ1v) is 11.0. The van der Waals surface area contributed by atoms with Gasteiger partial charge in [-0.1, -0.05) is 32.4 Å². The van der Waals surface area contributed by atoms with Crippen LogP contribution in [0.3, 0.4) is 0 Å². The molecule has 0 amide bonds. The molecular formula is C23H34N4O5. The van der Waals surface area contributed by atoms with Gasteiger partial charge in [0.05, 0.1) is 30.4 Å². The summed E-state index contributed by atoms with van der Waals surface area (Å²) in [6.45, 7) is 9.92. The highest BCUT2D eigenvalue weighted by atomic mass is 16.6. The third-order valence-corrected chi connectivity index (χ3v) is 4.84. The molecule has 0 aliphatic rings. The quantitative estimate of drug-likeness (QED) is 0.243. The van der Waals surface area contributed by atoms with E-state index in [1.54, 1.807) is 4.68 Å². The van der Waals surface area contributed by atoms with Gasteiger partial charge in [-0.2, -0.15) is 0 Å². The Morgan fingerprint density at radius 1 is 1.19 bits per heavy atom. The molecule has 1 aromatic heterocycles. The average Bonchev–Trinajstić information content (AvgIpc) is 3.14. The van der Waals surface area contributed by atoms with Gasteiger partial charge in [-0.3, -0.25) is 14.9 Å². The van der Waals surface area contributed by atoms with Gasteiger partial charge in [0.2, 0.25) is 0 Å². The topological polar surface area (TPSA) is 109 Å². The van der Waals surface area contributed by atoms with Gasteiger partial charge in [0.15, 0.2) is 0 Å². The number of carbonyl (C=O) groups is 1. The van der Waals surface area contributed by atoms with E-state index in [1.165, 1.54) is 38.0 Å². The fourth-order valence-corrected chi connectivity index (χ4v) is 3.24. The maximum absolute atomic E-state index is 11.4. The number of hydrogen-bond donors (Lipinski definition) is 0. The third kappa shape index (κ3) is 9.55. The Hall–Kier alpha value is -2.81. The van der Waals surface area contributed by atoms with Crippen LogP contribution < -0.4 is 4.74 Å². The standard InChI is InChI=1S/C23H34N4O5/c1-18(28)15-19-16-21(8-9-22(19)27(29)30)32-14-13-31-12-11-26-17-20(24-25-26)7-5-6-10-23(2,3)4/h8-9,16-17H,5-7,10-15H2,1-4H3. The Labute approximate surface area is 189 Å². The second kappa shape index (κ2) is 12.3. The van der Waals surface area contributed by atoms with E-state index in [-0.39, 0.29) is 17.9 Å². The molecule has 0 saturated carbocycles. The number of aryl methyl sites for hydroxylation is 1. The number of nitrogens with zero attached hydrogens (tertiary/aromatic N) is 4. The molecular weight excluding hydrogens is 412 g/mol. The van der Waals surface area contributed by atoms with E-state index >= 15 is 0 Å². The summed E-state index contributed by atoms with van der Waals surface area (Å²) in [6, 6.07) is 4.43. The zero-order valence-electron chi connectivity index (χ0n) is 19.5. The fourth-order valence-electron chi connectivity index (χ4n) is 3.24. The highest BCUT2D eigenvalue weighted by molar-refractivity contribution is 5.79. The van der Waals surface area contributed by atoms with Gasteiger partial charge in [-0.25, -0.2) is 4.68 Å². The Kier molecular flexibility index (Phi) is 9.77. The van der Waals surface area contributed by atoms with Gasteiger partial charge in [-0.05, 0) is 43.7 Å². The van der Waals surface area contributed by atoms with Crippen LogP contribution in [0, 0.1) is 15.5 Å². The van der Waals surface area contributed by atoms with E-state index in [4.69, 9.17) is 9.47 Å². The van der Waals surface area contributed by atoms with Crippen molar-refractivity contribution >= 4 is 11.5 Å². The Bertz CT molecular complexity index is 889. The van der Waals surface area contributed by atoms with Gasteiger partial charge in [0, 0.05) is 24.2 Å². The van der Waals surface area contributed by atoms with Gasteiger partial charge in [0.1, 0.15) is 18.1 Å². The molecule has 2 rings (SSSR count). The SMILES string of the molecule is CC(=O)Cc1cc(OCCOCCn2cc(CCCCC(C)(C)C)nn2)ccc1[N+](=O)[O-]. The maximum atomic E-state index is 11.4. The first-order chi connectivity index (χ1) is 15.1. The van der Waals surface area contributed by atoms with Crippen molar-refractivity contribution < 1.29 is 19.2 Å². The van der Waals surface area contributed by atoms with Crippen molar-refractivity contribution in [1.29, 1.82) is 0 Å². The summed E-state index contributed by atoms with van der Waals surface area (Å²) in [4.78, 5) is 22.0. The number of aromatic nitrogens is 3. The maximum Gasteiger partial charge on any atom is 0.273 e. The minimum atomic E-state index is -0.493. The monoisotopic (exact) mass is 446 g/mol. The predicted octanol–water partition coefficient (Wildman–Crippen LogP) is 4.17. The number of nitro benzene ring substituents is 1. The van der Waals surface area contributed by atoms with Crippen molar-refractivity contribution in [3.63, 3.8) is 0 Å². The zero-order chi connectivity index (χ0) is 23.6. The van der Waals surface area contributed by atoms with Crippen molar-refractivity contribution in [2.75, 3.05) is 19.8 Å². The van der Waals surface area contributed by atoms with Crippen LogP contribution in [0.15, 0.2) is 24.4 Å². The minimum Gasteiger partial charge on any atom is -0.491 e. The van der Waals surface area contributed by atoms with E-state index in [1.807, 2.05) is 6.20 Å². The lowest BCUT2D eigenvalue weighted by Crippen LogP contribution is -2.12. The number of nitro groups is 1. The molecule has 0 unspecified atom stereocenters. The molecule has 0 aliphatic carbocycles. The molecule has 0 bridgehead atoms. The lowest BCUT2D eigenvalue weighted by molar-refractivity contribution is -0.385. The number of unbranched alkanes of at least 4 members (excludes halogenated alkanes) is 1. The summed E-state index contributed by atoms with van der Waals surface area (Å²) in [5.41, 5.74) is 1.64. The van der Waals surface area contributed by atoms with Crippen LogP contribution in [-0.2, 0) is 28.9 Å². The van der Waals surface area contributed by atoms with Crippen molar-refractivity contribution in [1.82, 2.24) is 15.0 Å². The number of ether oxygens (including phenoxy) is 2. The third-order valence-electron chi connectivity index (χ3n) is 4.84. The molecule has 176 valence electrons. The van der Waals surface area contributed by atoms with E-state index in [0.29, 0.717) is 43.1 Å². The number of benzene rings is 1. The predicted molar refractivity (Wildman–Crippen MR) is 121 cm³/mol. The molecule has 9 nitrogen and oxygen atoms in total. The molecule has 0 spiro atoms. The van der Waals surface area contributed by atoms with Gasteiger partial charge in [-0.15, -0.1) is 5.10 Å². The zero-order valence-corrected chi connectivity index (χ0v) is 19.5. The largest absolute Gasteiger partial charge is 0.491 e. The molecule has 2 aromatic rings. The van der Waals surface area contributed by atoms with Gasteiger partial charge in [0.25, 0.3) is 5.69 Å². The van der Waals surface area contributed by atoms with Crippen molar-refractivity contribution in [3.8, 4) is 5.75 Å². The highest BCUT2D eigenvalue weighted by Crippen LogP contribution is 2.25. The molecule has 0 saturated heterocycles. The van der Waals surface area contributed by atoms with Crippen molar-refractivity contribution in [3.05, 3.63) is 45.8 Å². The molecule has 1 aromatic carbocycles. The van der Waals surface area contributed by atoms with Crippen LogP contribution >= 0.6 is 0 Å². The van der Waals surface area contributed by atoms with Crippen molar-refractivity contribution in [2.24, 2.45) is 5.41 Å². The normalized spacial score (nSPS) is 11.5. The molecule has 1 heterocycles. The minimum absolute atomic E-state index is 0.000493. The lowest BCUT2D eigenvalue weighted by Gasteiger charge is -2.17. The summed E-state index contributed by atoms with van der Waals surface area (Å²) >= 11 is 0. The summed E-state index contributed by atoms with van der Waals surface area (Å²) in [7, 11) is 0. The first-order valence-electron chi connectivity index (χ1n) is 11.0. The van der Waals surface area contributed by atoms with Crippen LogP contribution in [0.25, 0.3) is 0 Å². The second-order valence-electron chi connectivity index (χ2n) is 9.13. The van der Waals surface area contributed by atoms with Gasteiger partial charge < -0.3 is 9.47 Å². The fraction of sp³-hybridized carbons (Fsp3) is 0.609. The summed E-state index contributed by atoms with van der Waals surface area (Å²) in [5, 5.41) is 19.4. The number of rotatable bonds is 14. The Morgan fingerprint density at radius 3 is 2.66 bits per heavy atom. The molecule has 32 heavy (non-hydrogen) atoms. The van der Waals surface area contributed by atoms with Crippen LogP contribution in [0.2, 0.25) is 0 Å². The van der Waals surface area contributed by atoms with E-state index < -0.39 is 4.92 Å². The Morgan fingerprint density at radius 2 is 1.97 bits per heavy atom. The summed E-state index contributed by atoms with van der Waals surface area (Å²) in [6.07, 6.45) is 6.40. The number of Topliss-reactive ketones (excluding diaryl/α,β-unsaturated/α-hetero) is 1. The molecule has 0 N–H and O–H groups in total. The van der Waals surface area contributed by atoms with E-state index in [2.05, 4.69) is 31.1 Å². The van der Waals surface area contributed by atoms with Crippen LogP contribution in [0.4, 0.5) is 5.69 Å². The molecule has 9 heteroatoms. The van der Waals surface area contributed by atoms with Crippen LogP contribution in [0.1, 0.15) is 58.2 Å². The van der Waals surface area contributed by atoms with Crippen LogP contribution in [0.5, 0.6) is 5.75 Å². The van der Waals surface area contributed by atoms with Crippen molar-refractivity contribution in [2.45, 2.75) is 66.3 Å². The Balaban J connectivity index is 1.66. The van der Waals surface area contributed by atoms with E-state index in [9.17, 15) is 14.9 Å². The van der Waals surface area contributed by atoms with Gasteiger partial charge >= 0.3 is 0 Å². The number of carbonyl (C=O) groups excluding carboxylic acids is 1. The molecule has 0 atom stereocenters. The number of hydrogen-bond acceptors (Lipinski definition) is 7. The number of ketones is 1. The highest BCUT2D eigenvalue weighted by Gasteiger charge is 2.16. The molecule has 0 aliphatic heterocycles. The second-order valence-corrected chi connectivity index (χ2v) is 9.13. The summed E-state index contributed by atoms with van der Waals surface area (Å²) < 4.78 is 13.0. The lowest BCUT2D eigenvalue weighted by atomic mass is 9.89. The van der Waals surface area contributed by atoms with Crippen LogP contribution in [-0.4, -0.2) is 45.5 Å². The molecule has 0 fully saturated rings. The average molecular weight is 447 g/mol. The smallest absolute Gasteiger partial charge is 0.273 e.